The number of nitrogens with two attached hydrogens (primary N) is 1. The Hall–Kier alpha value is -1.97. The van der Waals surface area contributed by atoms with Crippen LogP contribution < -0.4 is 10.5 Å². The minimum absolute atomic E-state index is 0.0894. The summed E-state index contributed by atoms with van der Waals surface area (Å²) in [6.07, 6.45) is -4.50. The maximum absolute atomic E-state index is 9.91. The first-order chi connectivity index (χ1) is 10.4. The lowest BCUT2D eigenvalue weighted by Crippen LogP contribution is -2.24. The maximum Gasteiger partial charge on any atom is 0.246 e. The van der Waals surface area contributed by atoms with E-state index in [0.717, 1.165) is 0 Å². The molecule has 4 atom stereocenters. The highest BCUT2D eigenvalue weighted by atomic mass is 16.5. The SMILES string of the molecule is [3H][C@@H]1[C@H](O)[C@@H](CO)O[C@@]1([3H])n1cnc2c(OC)nc(N)nc21. The summed E-state index contributed by atoms with van der Waals surface area (Å²) >= 11 is 0. The Bertz CT molecular complexity index is 713. The quantitative estimate of drug-likeness (QED) is 0.659. The number of hydrogen-bond donors (Lipinski definition) is 3. The van der Waals surface area contributed by atoms with Gasteiger partial charge >= 0.3 is 0 Å². The smallest absolute Gasteiger partial charge is 0.246 e. The fourth-order valence-electron chi connectivity index (χ4n) is 1.99. The number of fused-ring (bicyclic) bond motifs is 1. The Balaban J connectivity index is 2.16. The summed E-state index contributed by atoms with van der Waals surface area (Å²) in [5.41, 5.74) is 6.00. The van der Waals surface area contributed by atoms with Crippen molar-refractivity contribution in [3.05, 3.63) is 6.33 Å². The molecule has 3 rings (SSSR count). The van der Waals surface area contributed by atoms with E-state index in [4.69, 9.17) is 17.9 Å². The molecule has 9 heteroatoms. The molecular formula is C11H15N5O4. The molecule has 1 fully saturated rings. The van der Waals surface area contributed by atoms with Crippen LogP contribution in [0.15, 0.2) is 6.33 Å². The van der Waals surface area contributed by atoms with E-state index >= 15 is 0 Å². The van der Waals surface area contributed by atoms with Crippen LogP contribution >= 0.6 is 0 Å². The standard InChI is InChI=1S/C11H15N5O4/c1-19-10-8-9(14-11(12)15-10)16(4-13-8)7-2-5(18)6(3-17)20-7/h4-7,17-18H,2-3H2,1H3,(H2,12,14,15)/t5-,6+,7+/m0/s1/i2T,7T/t2-,5+,6-,7-/m1. The Morgan fingerprint density at radius 1 is 1.70 bits per heavy atom. The Morgan fingerprint density at radius 2 is 2.50 bits per heavy atom. The topological polar surface area (TPSA) is 129 Å². The third-order valence-corrected chi connectivity index (χ3v) is 2.96. The summed E-state index contributed by atoms with van der Waals surface area (Å²) in [7, 11) is 1.39. The second-order valence-electron chi connectivity index (χ2n) is 4.21. The zero-order chi connectivity index (χ0) is 16.1. The Labute approximate surface area is 116 Å². The van der Waals surface area contributed by atoms with Crippen LogP contribution in [-0.2, 0) is 4.74 Å². The summed E-state index contributed by atoms with van der Waals surface area (Å²) in [6, 6.07) is 0. The van der Waals surface area contributed by atoms with Crippen molar-refractivity contribution in [2.75, 3.05) is 19.5 Å². The number of aliphatic hydroxyl groups is 2. The highest BCUT2D eigenvalue weighted by Crippen LogP contribution is 2.32. The molecule has 0 saturated carbocycles. The zero-order valence-electron chi connectivity index (χ0n) is 12.6. The maximum atomic E-state index is 9.91. The van der Waals surface area contributed by atoms with Gasteiger partial charge in [-0.25, -0.2) is 4.98 Å². The number of hydrogen-bond acceptors (Lipinski definition) is 8. The van der Waals surface area contributed by atoms with Crippen LogP contribution in [0.2, 0.25) is 0 Å². The van der Waals surface area contributed by atoms with Gasteiger partial charge in [-0.05, 0) is 0 Å². The average molecular weight is 285 g/mol. The molecule has 0 radical (unpaired) electrons. The van der Waals surface area contributed by atoms with E-state index in [1.807, 2.05) is 0 Å². The summed E-state index contributed by atoms with van der Waals surface area (Å²) in [5.74, 6) is 0.0390. The molecule has 0 unspecified atom stereocenters. The number of anilines is 1. The van der Waals surface area contributed by atoms with Crippen LogP contribution in [0.3, 0.4) is 0 Å². The second kappa shape index (κ2) is 4.85. The van der Waals surface area contributed by atoms with Crippen LogP contribution in [0, 0.1) is 0 Å². The predicted octanol–water partition coefficient (Wildman–Crippen LogP) is -0.942. The van der Waals surface area contributed by atoms with Crippen LogP contribution in [0.1, 0.15) is 15.3 Å². The largest absolute Gasteiger partial charge is 0.479 e. The van der Waals surface area contributed by atoms with E-state index in [2.05, 4.69) is 15.0 Å². The molecular weight excluding hydrogens is 266 g/mol. The van der Waals surface area contributed by atoms with Crippen molar-refractivity contribution < 1.29 is 22.4 Å². The van der Waals surface area contributed by atoms with Gasteiger partial charge in [0.25, 0.3) is 0 Å². The Morgan fingerprint density at radius 3 is 3.15 bits per heavy atom. The first kappa shape index (κ1) is 10.8. The fourth-order valence-corrected chi connectivity index (χ4v) is 1.99. The fraction of sp³-hybridized carbons (Fsp3) is 0.545. The number of ether oxygens (including phenoxy) is 2. The van der Waals surface area contributed by atoms with Gasteiger partial charge in [0, 0.05) is 7.77 Å². The third-order valence-electron chi connectivity index (χ3n) is 2.96. The lowest BCUT2D eigenvalue weighted by atomic mass is 10.2. The van der Waals surface area contributed by atoms with Crippen molar-refractivity contribution >= 4 is 17.1 Å². The van der Waals surface area contributed by atoms with Gasteiger partial charge in [-0.2, -0.15) is 9.97 Å². The van der Waals surface area contributed by atoms with Crippen molar-refractivity contribution in [1.29, 1.82) is 0 Å². The molecule has 2 aromatic rings. The number of aromatic nitrogens is 4. The van der Waals surface area contributed by atoms with Gasteiger partial charge in [0.1, 0.15) is 12.3 Å². The summed E-state index contributed by atoms with van der Waals surface area (Å²) < 4.78 is 28.0. The normalized spacial score (nSPS) is 35.0. The van der Waals surface area contributed by atoms with Crippen LogP contribution in [-0.4, -0.2) is 55.7 Å². The van der Waals surface area contributed by atoms with Crippen LogP contribution in [0.25, 0.3) is 11.2 Å². The number of imidazole rings is 1. The Kier molecular flexibility index (Phi) is 2.61. The molecule has 9 nitrogen and oxygen atoms in total. The molecule has 4 N–H and O–H groups in total. The predicted molar refractivity (Wildman–Crippen MR) is 67.9 cm³/mol. The monoisotopic (exact) mass is 285 g/mol. The lowest BCUT2D eigenvalue weighted by molar-refractivity contribution is -0.0432. The van der Waals surface area contributed by atoms with Gasteiger partial charge < -0.3 is 25.4 Å². The number of rotatable bonds is 3. The average Bonchev–Trinajstić information content (AvgIpc) is 3.02. The molecule has 0 spiro atoms. The summed E-state index contributed by atoms with van der Waals surface area (Å²) in [5, 5.41) is 19.1. The molecule has 1 aliphatic rings. The van der Waals surface area contributed by atoms with E-state index in [1.54, 1.807) is 0 Å². The van der Waals surface area contributed by atoms with E-state index in [9.17, 15) is 10.2 Å². The van der Waals surface area contributed by atoms with Gasteiger partial charge in [-0.15, -0.1) is 0 Å². The van der Waals surface area contributed by atoms with Gasteiger partial charge in [-0.1, -0.05) is 0 Å². The molecule has 0 aliphatic carbocycles. The first-order valence-electron chi connectivity index (χ1n) is 6.94. The van der Waals surface area contributed by atoms with Crippen LogP contribution in [0.4, 0.5) is 5.95 Å². The second-order valence-corrected chi connectivity index (χ2v) is 4.21. The third kappa shape index (κ3) is 1.96. The number of nitrogen functional groups attached to an aromatic ring is 1. The van der Waals surface area contributed by atoms with Crippen molar-refractivity contribution in [2.45, 2.75) is 24.8 Å². The van der Waals surface area contributed by atoms with Crippen molar-refractivity contribution in [3.8, 4) is 5.88 Å². The van der Waals surface area contributed by atoms with Crippen molar-refractivity contribution in [3.63, 3.8) is 0 Å². The first-order valence-corrected chi connectivity index (χ1v) is 5.86. The highest BCUT2D eigenvalue weighted by Gasteiger charge is 2.35. The van der Waals surface area contributed by atoms with Gasteiger partial charge in [0.2, 0.25) is 11.8 Å². The van der Waals surface area contributed by atoms with Crippen molar-refractivity contribution in [2.24, 2.45) is 0 Å². The molecule has 3 heterocycles. The molecule has 2 aromatic heterocycles. The number of nitrogens with zero attached hydrogens (tertiary/aromatic N) is 4. The van der Waals surface area contributed by atoms with Gasteiger partial charge in [0.05, 0.1) is 27.5 Å². The van der Waals surface area contributed by atoms with E-state index in [0.29, 0.717) is 0 Å². The molecule has 0 aromatic carbocycles. The summed E-state index contributed by atoms with van der Waals surface area (Å²) in [4.78, 5) is 11.9. The van der Waals surface area contributed by atoms with Gasteiger partial charge in [-0.3, -0.25) is 4.57 Å². The number of methoxy groups -OCH3 is 1. The van der Waals surface area contributed by atoms with E-state index in [1.165, 1.54) is 18.0 Å². The number of aliphatic hydroxyl groups excluding tert-OH is 2. The highest BCUT2D eigenvalue weighted by molar-refractivity contribution is 5.77. The van der Waals surface area contributed by atoms with Gasteiger partial charge in [0.15, 0.2) is 11.2 Å². The zero-order valence-corrected chi connectivity index (χ0v) is 10.6. The van der Waals surface area contributed by atoms with Crippen molar-refractivity contribution in [1.82, 2.24) is 19.5 Å². The molecule has 0 bridgehead atoms. The molecule has 20 heavy (non-hydrogen) atoms. The molecule has 108 valence electrons. The molecule has 1 aliphatic heterocycles. The summed E-state index contributed by atoms with van der Waals surface area (Å²) in [6.45, 7) is -0.510. The minimum Gasteiger partial charge on any atom is -0.479 e. The lowest BCUT2D eigenvalue weighted by Gasteiger charge is -2.13. The molecule has 0 amide bonds. The van der Waals surface area contributed by atoms with Crippen LogP contribution in [0.5, 0.6) is 5.88 Å². The van der Waals surface area contributed by atoms with E-state index < -0.39 is 31.4 Å². The minimum atomic E-state index is -2.01. The molecule has 1 saturated heterocycles. The van der Waals surface area contributed by atoms with E-state index in [-0.39, 0.29) is 23.0 Å².